The monoisotopic (exact) mass is 610 g/mol. The second-order valence-electron chi connectivity index (χ2n) is 11.5. The molecular weight excluding hydrogens is 579 g/mol. The molecule has 1 saturated carbocycles. The number of nitrogens with two attached hydrogens (primary N) is 1. The molecule has 2 aromatic rings. The minimum absolute atomic E-state index is 0.0165. The number of aromatic hydroxyl groups is 1. The number of ketones is 2. The molecule has 3 aliphatic carbocycles. The Balaban J connectivity index is 1.63. The van der Waals surface area contributed by atoms with Gasteiger partial charge in [0.25, 0.3) is 5.91 Å². The van der Waals surface area contributed by atoms with E-state index in [1.165, 1.54) is 37.2 Å². The Bertz CT molecular complexity index is 1680. The minimum Gasteiger partial charge on any atom is -0.508 e. The number of nitrogens with one attached hydrogen (secondary N) is 1. The van der Waals surface area contributed by atoms with Crippen LogP contribution in [0.3, 0.4) is 0 Å². The van der Waals surface area contributed by atoms with Crippen molar-refractivity contribution in [3.63, 3.8) is 0 Å². The van der Waals surface area contributed by atoms with Crippen molar-refractivity contribution < 1.29 is 48.7 Å². The van der Waals surface area contributed by atoms with E-state index in [9.17, 15) is 44.0 Å². The second-order valence-corrected chi connectivity index (χ2v) is 11.5. The number of aliphatic hydroxyl groups is 3. The van der Waals surface area contributed by atoms with Gasteiger partial charge in [0.1, 0.15) is 28.7 Å². The van der Waals surface area contributed by atoms with Gasteiger partial charge in [-0.3, -0.25) is 24.6 Å². The third kappa shape index (κ3) is 4.53. The van der Waals surface area contributed by atoms with E-state index in [0.29, 0.717) is 11.3 Å². The summed E-state index contributed by atoms with van der Waals surface area (Å²) in [6.45, 7) is 0. The first kappa shape index (κ1) is 30.5. The summed E-state index contributed by atoms with van der Waals surface area (Å²) in [6.07, 6.45) is -1.04. The summed E-state index contributed by atoms with van der Waals surface area (Å²) in [5.41, 5.74) is 1.81. The molecule has 14 heteroatoms. The molecular formula is C30H31FN4O9. The number of halogens is 1. The van der Waals surface area contributed by atoms with Crippen LogP contribution in [0.25, 0.3) is 5.76 Å². The fourth-order valence-electron chi connectivity index (χ4n) is 6.53. The zero-order valence-corrected chi connectivity index (χ0v) is 24.2. The van der Waals surface area contributed by atoms with Crippen molar-refractivity contribution in [3.8, 4) is 11.5 Å². The van der Waals surface area contributed by atoms with Gasteiger partial charge in [-0.2, -0.15) is 0 Å². The fraction of sp³-hybridized carbons (Fsp3) is 0.333. The Morgan fingerprint density at radius 3 is 2.30 bits per heavy atom. The smallest absolute Gasteiger partial charge is 0.417 e. The molecule has 0 saturated heterocycles. The Morgan fingerprint density at radius 2 is 1.73 bits per heavy atom. The number of benzene rings is 2. The van der Waals surface area contributed by atoms with Gasteiger partial charge in [-0.1, -0.05) is 0 Å². The fourth-order valence-corrected chi connectivity index (χ4v) is 6.53. The number of phenolic OH excluding ortho intramolecular Hbond substituents is 1. The number of primary amides is 1. The van der Waals surface area contributed by atoms with Crippen LogP contribution in [0.1, 0.15) is 17.5 Å². The first-order chi connectivity index (χ1) is 20.6. The number of nitrogens with zero attached hydrogens (tertiary/aromatic N) is 2. The van der Waals surface area contributed by atoms with Crippen LogP contribution in [0.5, 0.6) is 11.5 Å². The number of ether oxygens (including phenoxy) is 1. The summed E-state index contributed by atoms with van der Waals surface area (Å²) < 4.78 is 18.4. The normalized spacial score (nSPS) is 24.5. The van der Waals surface area contributed by atoms with Crippen molar-refractivity contribution in [3.05, 3.63) is 64.2 Å². The molecule has 2 unspecified atom stereocenters. The van der Waals surface area contributed by atoms with Gasteiger partial charge in [-0.05, 0) is 68.8 Å². The molecule has 2 amide bonds. The summed E-state index contributed by atoms with van der Waals surface area (Å²) in [4.78, 5) is 55.2. The highest BCUT2D eigenvalue weighted by Crippen LogP contribution is 2.54. The zero-order valence-electron chi connectivity index (χ0n) is 24.2. The molecule has 0 aromatic heterocycles. The topological polar surface area (TPSA) is 203 Å². The van der Waals surface area contributed by atoms with Crippen molar-refractivity contribution >= 4 is 40.7 Å². The highest BCUT2D eigenvalue weighted by Gasteiger charge is 2.64. The summed E-state index contributed by atoms with van der Waals surface area (Å²) >= 11 is 0. The molecule has 5 rings (SSSR count). The third-order valence-electron chi connectivity index (χ3n) is 8.44. The molecule has 0 aliphatic heterocycles. The third-order valence-corrected chi connectivity index (χ3v) is 8.44. The number of aliphatic hydroxyl groups excluding tert-OH is 2. The summed E-state index contributed by atoms with van der Waals surface area (Å²) in [7, 11) is 6.41. The Labute approximate surface area is 250 Å². The van der Waals surface area contributed by atoms with E-state index in [-0.39, 0.29) is 35.4 Å². The number of carbonyl (C=O) groups is 4. The molecule has 0 spiro atoms. The molecule has 13 nitrogen and oxygen atoms in total. The van der Waals surface area contributed by atoms with Crippen LogP contribution in [0.2, 0.25) is 0 Å². The van der Waals surface area contributed by atoms with Crippen LogP contribution in [0.15, 0.2) is 47.2 Å². The highest BCUT2D eigenvalue weighted by molar-refractivity contribution is 6.24. The number of anilines is 2. The quantitative estimate of drug-likeness (QED) is 0.213. The minimum atomic E-state index is -2.78. The van der Waals surface area contributed by atoms with Crippen molar-refractivity contribution in [2.24, 2.45) is 17.6 Å². The molecule has 232 valence electrons. The number of hydrogen-bond donors (Lipinski definition) is 6. The summed E-state index contributed by atoms with van der Waals surface area (Å²) in [5.74, 6) is -8.34. The first-order valence-corrected chi connectivity index (χ1v) is 13.5. The maximum Gasteiger partial charge on any atom is 0.417 e. The number of rotatable bonds is 5. The van der Waals surface area contributed by atoms with Gasteiger partial charge in [0, 0.05) is 31.3 Å². The maximum absolute atomic E-state index is 14.1. The predicted molar refractivity (Wildman–Crippen MR) is 155 cm³/mol. The molecule has 0 radical (unpaired) electrons. The lowest BCUT2D eigenvalue weighted by molar-refractivity contribution is -0.153. The van der Waals surface area contributed by atoms with Crippen molar-refractivity contribution in [2.75, 3.05) is 38.4 Å². The van der Waals surface area contributed by atoms with Crippen LogP contribution in [-0.2, 0) is 20.8 Å². The van der Waals surface area contributed by atoms with E-state index in [4.69, 9.17) is 10.5 Å². The number of likely N-dealkylation sites (N-methyl/N-ethyl adjacent to an activating group) is 1. The Hall–Kier alpha value is -4.95. The van der Waals surface area contributed by atoms with Gasteiger partial charge in [0.2, 0.25) is 5.78 Å². The van der Waals surface area contributed by atoms with Gasteiger partial charge >= 0.3 is 6.09 Å². The van der Waals surface area contributed by atoms with E-state index in [0.717, 1.165) is 12.1 Å². The molecule has 1 fully saturated rings. The molecule has 3 aliphatic rings. The standard InChI is InChI=1S/C30H31FN4O9/c1-34(2)18-11-17(33-29(42)44-14-7-5-13(31)6-8-14)23(36)20-15(18)9-12-10-16-22(35(3)4)25(38)21(28(32)41)27(40)30(16,43)26(39)19(12)24(20)37/h5-8,11-12,16,22,36-37,40,43H,9-10H2,1-4H3,(H2,32,41)(H,33,42)/t12?,16?,22-,30-/m0/s1. The van der Waals surface area contributed by atoms with Crippen molar-refractivity contribution in [1.29, 1.82) is 0 Å². The zero-order chi connectivity index (χ0) is 32.4. The number of amides is 2. The molecule has 44 heavy (non-hydrogen) atoms. The average Bonchev–Trinajstić information content (AvgIpc) is 2.93. The lowest BCUT2D eigenvalue weighted by atomic mass is 9.57. The number of carbonyl (C=O) groups excluding carboxylic acids is 4. The molecule has 0 heterocycles. The van der Waals surface area contributed by atoms with Crippen LogP contribution >= 0.6 is 0 Å². The van der Waals surface area contributed by atoms with Crippen LogP contribution < -0.4 is 20.7 Å². The van der Waals surface area contributed by atoms with E-state index >= 15 is 0 Å². The Morgan fingerprint density at radius 1 is 1.09 bits per heavy atom. The molecule has 0 bridgehead atoms. The lowest BCUT2D eigenvalue weighted by Gasteiger charge is -2.50. The predicted octanol–water partition coefficient (Wildman–Crippen LogP) is 1.78. The van der Waals surface area contributed by atoms with Gasteiger partial charge < -0.3 is 35.8 Å². The van der Waals surface area contributed by atoms with Gasteiger partial charge in [-0.15, -0.1) is 0 Å². The number of phenols is 1. The van der Waals surface area contributed by atoms with Gasteiger partial charge in [-0.25, -0.2) is 9.18 Å². The van der Waals surface area contributed by atoms with Crippen LogP contribution in [0.4, 0.5) is 20.6 Å². The average molecular weight is 611 g/mol. The first-order valence-electron chi connectivity index (χ1n) is 13.5. The lowest BCUT2D eigenvalue weighted by Crippen LogP contribution is -2.65. The number of hydrogen-bond acceptors (Lipinski definition) is 11. The molecule has 4 atom stereocenters. The Kier molecular flexibility index (Phi) is 7.38. The number of fused-ring (bicyclic) bond motifs is 3. The van der Waals surface area contributed by atoms with Crippen molar-refractivity contribution in [2.45, 2.75) is 24.5 Å². The SMILES string of the molecule is CN(C)c1cc(NC(=O)Oc2ccc(F)cc2)c(O)c2c1CC1CC3[C@H](N(C)C)C(=O)C(C(N)=O)=C(O)[C@@]3(O)C(=O)C1=C2O. The van der Waals surface area contributed by atoms with Crippen molar-refractivity contribution in [1.82, 2.24) is 4.90 Å². The molecule has 7 N–H and O–H groups in total. The maximum atomic E-state index is 14.1. The summed E-state index contributed by atoms with van der Waals surface area (Å²) in [5, 5.41) is 48.0. The largest absolute Gasteiger partial charge is 0.508 e. The second kappa shape index (κ2) is 10.6. The van der Waals surface area contributed by atoms with E-state index < -0.39 is 75.7 Å². The van der Waals surface area contributed by atoms with E-state index in [2.05, 4.69) is 5.32 Å². The number of Topliss-reactive ketones (excluding diaryl/α,β-unsaturated/α-hetero) is 2. The summed E-state index contributed by atoms with van der Waals surface area (Å²) in [6, 6.07) is 4.87. The van der Waals surface area contributed by atoms with Crippen LogP contribution in [0, 0.1) is 17.7 Å². The van der Waals surface area contributed by atoms with Gasteiger partial charge in [0.05, 0.1) is 17.3 Å². The molecule has 2 aromatic carbocycles. The highest BCUT2D eigenvalue weighted by atomic mass is 19.1. The van der Waals surface area contributed by atoms with Gasteiger partial charge in [0.15, 0.2) is 17.1 Å². The van der Waals surface area contributed by atoms with E-state index in [1.807, 2.05) is 0 Å². The van der Waals surface area contributed by atoms with E-state index in [1.54, 1.807) is 19.0 Å². The van der Waals surface area contributed by atoms with Crippen LogP contribution in [-0.4, -0.2) is 88.7 Å².